The molecule has 4 rings (SSSR count). The number of methoxy groups -OCH3 is 2. The molecular formula is C28H24N2O6S. The Bertz CT molecular complexity index is 1290. The average molecular weight is 517 g/mol. The second-order valence-electron chi connectivity index (χ2n) is 8.08. The Kier molecular flexibility index (Phi) is 8.05. The number of thioether (sulfide) groups is 1. The minimum absolute atomic E-state index is 0.0863. The van der Waals surface area contributed by atoms with Crippen LogP contribution in [0.4, 0.5) is 11.4 Å². The molecule has 0 spiro atoms. The van der Waals surface area contributed by atoms with E-state index in [1.54, 1.807) is 24.3 Å². The van der Waals surface area contributed by atoms with Crippen LogP contribution in [0, 0.1) is 20.2 Å². The van der Waals surface area contributed by atoms with Crippen LogP contribution in [0.3, 0.4) is 0 Å². The smallest absolute Gasteiger partial charge is 0.277 e. The number of rotatable bonds is 10. The van der Waals surface area contributed by atoms with Gasteiger partial charge < -0.3 is 9.47 Å². The molecule has 9 heteroatoms. The fraction of sp³-hybridized carbons (Fsp3) is 0.143. The SMILES string of the molecule is COc1ccc(C(SC(c2ccccc2)c2ccc(OC)cc2[N+](=O)[O-])c2ccccc2)c([N+](=O)[O-])c1. The Balaban J connectivity index is 1.93. The van der Waals surface area contributed by atoms with E-state index >= 15 is 0 Å². The molecule has 0 amide bonds. The summed E-state index contributed by atoms with van der Waals surface area (Å²) in [5.41, 5.74) is 2.43. The largest absolute Gasteiger partial charge is 0.497 e. The molecule has 0 heterocycles. The highest BCUT2D eigenvalue weighted by Crippen LogP contribution is 2.51. The lowest BCUT2D eigenvalue weighted by atomic mass is 10.0. The quantitative estimate of drug-likeness (QED) is 0.163. The first-order valence-corrected chi connectivity index (χ1v) is 12.3. The van der Waals surface area contributed by atoms with E-state index in [2.05, 4.69) is 0 Å². The molecule has 0 aliphatic carbocycles. The van der Waals surface area contributed by atoms with Crippen LogP contribution in [0.15, 0.2) is 97.1 Å². The molecular weight excluding hydrogens is 492 g/mol. The number of nitro benzene ring substituents is 2. The molecule has 0 fully saturated rings. The lowest BCUT2D eigenvalue weighted by Crippen LogP contribution is -2.08. The molecule has 0 radical (unpaired) electrons. The van der Waals surface area contributed by atoms with Crippen LogP contribution in [0.2, 0.25) is 0 Å². The number of hydrogen-bond donors (Lipinski definition) is 0. The average Bonchev–Trinajstić information content (AvgIpc) is 2.94. The maximum absolute atomic E-state index is 12.1. The summed E-state index contributed by atoms with van der Waals surface area (Å²) in [6.07, 6.45) is 0. The zero-order chi connectivity index (χ0) is 26.4. The summed E-state index contributed by atoms with van der Waals surface area (Å²) in [5.74, 6) is 0.746. The fourth-order valence-electron chi connectivity index (χ4n) is 4.12. The predicted octanol–water partition coefficient (Wildman–Crippen LogP) is 7.13. The van der Waals surface area contributed by atoms with Crippen LogP contribution in [-0.2, 0) is 0 Å². The summed E-state index contributed by atoms with van der Waals surface area (Å²) in [7, 11) is 2.91. The number of nitro groups is 2. The van der Waals surface area contributed by atoms with E-state index in [9.17, 15) is 20.2 Å². The normalized spacial score (nSPS) is 12.4. The number of nitrogens with zero attached hydrogens (tertiary/aromatic N) is 2. The number of ether oxygens (including phenoxy) is 2. The van der Waals surface area contributed by atoms with Gasteiger partial charge in [-0.05, 0) is 35.4 Å². The van der Waals surface area contributed by atoms with Gasteiger partial charge in [0.1, 0.15) is 11.5 Å². The van der Waals surface area contributed by atoms with E-state index in [0.717, 1.165) is 11.1 Å². The van der Waals surface area contributed by atoms with Crippen LogP contribution in [-0.4, -0.2) is 24.1 Å². The van der Waals surface area contributed by atoms with E-state index in [1.807, 2.05) is 60.7 Å². The first-order valence-electron chi connectivity index (χ1n) is 11.3. The lowest BCUT2D eigenvalue weighted by molar-refractivity contribution is -0.385. The molecule has 0 bridgehead atoms. The Morgan fingerprint density at radius 3 is 1.32 bits per heavy atom. The van der Waals surface area contributed by atoms with Crippen LogP contribution in [0.1, 0.15) is 32.8 Å². The van der Waals surface area contributed by atoms with Crippen molar-refractivity contribution in [3.63, 3.8) is 0 Å². The molecule has 0 aromatic heterocycles. The summed E-state index contributed by atoms with van der Waals surface area (Å²) < 4.78 is 10.5. The highest BCUT2D eigenvalue weighted by atomic mass is 32.2. The highest BCUT2D eigenvalue weighted by Gasteiger charge is 2.32. The first kappa shape index (κ1) is 25.7. The van der Waals surface area contributed by atoms with Crippen molar-refractivity contribution in [2.24, 2.45) is 0 Å². The van der Waals surface area contributed by atoms with Crippen molar-refractivity contribution in [1.29, 1.82) is 0 Å². The molecule has 8 nitrogen and oxygen atoms in total. The van der Waals surface area contributed by atoms with E-state index in [1.165, 1.54) is 38.1 Å². The highest BCUT2D eigenvalue weighted by molar-refractivity contribution is 8.00. The monoisotopic (exact) mass is 516 g/mol. The first-order chi connectivity index (χ1) is 17.9. The Labute approximate surface area is 218 Å². The number of benzene rings is 4. The molecule has 4 aromatic carbocycles. The second kappa shape index (κ2) is 11.6. The zero-order valence-corrected chi connectivity index (χ0v) is 21.0. The van der Waals surface area contributed by atoms with E-state index in [-0.39, 0.29) is 11.4 Å². The van der Waals surface area contributed by atoms with Gasteiger partial charge in [0, 0.05) is 11.1 Å². The van der Waals surface area contributed by atoms with Gasteiger partial charge in [0.15, 0.2) is 0 Å². The summed E-state index contributed by atoms with van der Waals surface area (Å²) in [5, 5.41) is 23.2. The van der Waals surface area contributed by atoms with Crippen LogP contribution >= 0.6 is 11.8 Å². The van der Waals surface area contributed by atoms with Gasteiger partial charge in [0.05, 0.1) is 46.7 Å². The molecule has 0 aliphatic heterocycles. The van der Waals surface area contributed by atoms with Gasteiger partial charge in [-0.3, -0.25) is 20.2 Å². The van der Waals surface area contributed by atoms with E-state index in [0.29, 0.717) is 22.6 Å². The summed E-state index contributed by atoms with van der Waals surface area (Å²) >= 11 is 1.40. The van der Waals surface area contributed by atoms with Crippen LogP contribution in [0.25, 0.3) is 0 Å². The predicted molar refractivity (Wildman–Crippen MR) is 143 cm³/mol. The van der Waals surface area contributed by atoms with Crippen molar-refractivity contribution >= 4 is 23.1 Å². The molecule has 2 unspecified atom stereocenters. The van der Waals surface area contributed by atoms with E-state index < -0.39 is 20.3 Å². The van der Waals surface area contributed by atoms with Gasteiger partial charge in [0.25, 0.3) is 11.4 Å². The van der Waals surface area contributed by atoms with Gasteiger partial charge in [0.2, 0.25) is 0 Å². The molecule has 0 aliphatic rings. The van der Waals surface area contributed by atoms with E-state index in [4.69, 9.17) is 9.47 Å². The van der Waals surface area contributed by atoms with Crippen molar-refractivity contribution in [2.45, 2.75) is 10.5 Å². The molecule has 188 valence electrons. The summed E-state index contributed by atoms with van der Waals surface area (Å²) in [6, 6.07) is 28.4. The molecule has 0 saturated carbocycles. The van der Waals surface area contributed by atoms with Crippen LogP contribution < -0.4 is 9.47 Å². The van der Waals surface area contributed by atoms with Crippen molar-refractivity contribution in [2.75, 3.05) is 14.2 Å². The standard InChI is InChI=1S/C28H24N2O6S/c1-35-21-13-15-23(25(17-21)29(31)32)27(19-9-5-3-6-10-19)37-28(20-11-7-4-8-12-20)24-16-14-22(36-2)18-26(24)30(33)34/h3-18,27-28H,1-2H3. The zero-order valence-electron chi connectivity index (χ0n) is 20.1. The number of hydrogen-bond acceptors (Lipinski definition) is 7. The minimum Gasteiger partial charge on any atom is -0.497 e. The van der Waals surface area contributed by atoms with Gasteiger partial charge in [-0.2, -0.15) is 0 Å². The van der Waals surface area contributed by atoms with Crippen molar-refractivity contribution in [3.05, 3.63) is 140 Å². The molecule has 0 N–H and O–H groups in total. The second-order valence-corrected chi connectivity index (χ2v) is 9.30. The maximum atomic E-state index is 12.1. The summed E-state index contributed by atoms with van der Waals surface area (Å²) in [6.45, 7) is 0. The third-order valence-electron chi connectivity index (χ3n) is 5.91. The maximum Gasteiger partial charge on any atom is 0.277 e. The third kappa shape index (κ3) is 5.73. The molecule has 0 saturated heterocycles. The molecule has 2 atom stereocenters. The van der Waals surface area contributed by atoms with Crippen LogP contribution in [0.5, 0.6) is 11.5 Å². The Morgan fingerprint density at radius 2 is 1.00 bits per heavy atom. The molecule has 37 heavy (non-hydrogen) atoms. The van der Waals surface area contributed by atoms with Gasteiger partial charge in [-0.1, -0.05) is 60.7 Å². The van der Waals surface area contributed by atoms with Gasteiger partial charge in [-0.15, -0.1) is 11.8 Å². The Morgan fingerprint density at radius 1 is 0.622 bits per heavy atom. The minimum atomic E-state index is -0.514. The Hall–Kier alpha value is -4.37. The van der Waals surface area contributed by atoms with Crippen molar-refractivity contribution in [1.82, 2.24) is 0 Å². The fourth-order valence-corrected chi connectivity index (χ4v) is 5.71. The third-order valence-corrected chi connectivity index (χ3v) is 7.51. The topological polar surface area (TPSA) is 105 Å². The lowest BCUT2D eigenvalue weighted by Gasteiger charge is -2.25. The van der Waals surface area contributed by atoms with Crippen molar-refractivity contribution in [3.8, 4) is 11.5 Å². The molecule has 4 aromatic rings. The van der Waals surface area contributed by atoms with Gasteiger partial charge in [-0.25, -0.2) is 0 Å². The van der Waals surface area contributed by atoms with Gasteiger partial charge >= 0.3 is 0 Å². The summed E-state index contributed by atoms with van der Waals surface area (Å²) in [4.78, 5) is 23.3. The van der Waals surface area contributed by atoms with Crippen molar-refractivity contribution < 1.29 is 19.3 Å².